The number of allylic oxidation sites excluding steroid dienone is 1. The second-order valence-corrected chi connectivity index (χ2v) is 17.4. The lowest BCUT2D eigenvalue weighted by molar-refractivity contribution is -0.435. The van der Waals surface area contributed by atoms with Crippen molar-refractivity contribution < 1.29 is 77.6 Å². The maximum Gasteiger partial charge on any atom is 0.333 e. The standard InChI is InChI=1S/C43H78O16S/c1-7-9-10-11-12-13-14-15-16-17-18-19-20-22-34(46)54-40-38(55-41(50)31(6)25-30(5)24-29(4)23-28(3)21-8-2)36(48)33(27-45)53-43(40)56-42-39(57-60-59-58-51)37(49)35(47)32(26-44)52-42/h25,28-30,32-33,35-40,42-45,47-49,51H,7-24,26-27H2,1-6H3/b31-25+/t28-,29-,30-,32?,33?,35?,36?,37?,38?,39?,40?,42?,43?/m0/s1. The summed E-state index contributed by atoms with van der Waals surface area (Å²) < 4.78 is 38.9. The minimum Gasteiger partial charge on any atom is -0.453 e. The summed E-state index contributed by atoms with van der Waals surface area (Å²) in [7, 11) is 0. The van der Waals surface area contributed by atoms with E-state index in [9.17, 15) is 35.1 Å². The molecule has 352 valence electrons. The van der Waals surface area contributed by atoms with Gasteiger partial charge in [-0.1, -0.05) is 136 Å². The van der Waals surface area contributed by atoms with E-state index >= 15 is 0 Å². The molecule has 2 rings (SSSR count). The molecule has 16 nitrogen and oxygen atoms in total. The van der Waals surface area contributed by atoms with Gasteiger partial charge in [-0.15, -0.1) is 4.33 Å². The van der Waals surface area contributed by atoms with Gasteiger partial charge in [0.1, 0.15) is 30.5 Å². The first-order valence-electron chi connectivity index (χ1n) is 22.4. The number of hydrogen-bond donors (Lipinski definition) is 6. The molecule has 2 heterocycles. The fourth-order valence-corrected chi connectivity index (χ4v) is 8.54. The van der Waals surface area contributed by atoms with Crippen LogP contribution in [-0.2, 0) is 46.8 Å². The molecule has 0 bridgehead atoms. The third-order valence-corrected chi connectivity index (χ3v) is 11.7. The van der Waals surface area contributed by atoms with Crippen molar-refractivity contribution >= 4 is 24.3 Å². The van der Waals surface area contributed by atoms with E-state index in [2.05, 4.69) is 37.1 Å². The van der Waals surface area contributed by atoms with Gasteiger partial charge in [-0.2, -0.15) is 0 Å². The molecule has 0 saturated carbocycles. The van der Waals surface area contributed by atoms with E-state index in [4.69, 9.17) is 33.1 Å². The SMILES string of the molecule is CCCCCCCCCCCCCCCC(=O)OC1C(OC2OC(CO)C(O)C(O)C2OSOOO)OC(CO)C(O)C1OC(=O)/C(C)=C/[C@@H](C)C[C@@H](C)C[C@@H](C)CCC. The molecule has 10 unspecified atom stereocenters. The second kappa shape index (κ2) is 31.4. The number of esters is 2. The largest absolute Gasteiger partial charge is 0.453 e. The first-order valence-corrected chi connectivity index (χ1v) is 23.1. The van der Waals surface area contributed by atoms with Gasteiger partial charge in [0.25, 0.3) is 0 Å². The van der Waals surface area contributed by atoms with E-state index in [1.165, 1.54) is 51.4 Å². The summed E-state index contributed by atoms with van der Waals surface area (Å²) in [6.07, 6.45) is 4.39. The Balaban J connectivity index is 2.23. The molecule has 2 aliphatic heterocycles. The molecule has 6 N–H and O–H groups in total. The summed E-state index contributed by atoms with van der Waals surface area (Å²) in [6, 6.07) is 0. The molecule has 60 heavy (non-hydrogen) atoms. The fraction of sp³-hybridized carbons (Fsp3) is 0.907. The first kappa shape index (κ1) is 54.7. The van der Waals surface area contributed by atoms with Crippen LogP contribution in [0, 0.1) is 17.8 Å². The Kier molecular flexibility index (Phi) is 28.6. The maximum absolute atomic E-state index is 13.7. The molecule has 0 spiro atoms. The normalized spacial score (nSPS) is 28.9. The number of ether oxygens (including phenoxy) is 5. The quantitative estimate of drug-likeness (QED) is 0.0104. The van der Waals surface area contributed by atoms with Gasteiger partial charge < -0.3 is 49.2 Å². The van der Waals surface area contributed by atoms with Crippen LogP contribution in [0.15, 0.2) is 11.6 Å². The highest BCUT2D eigenvalue weighted by Gasteiger charge is 2.54. The molecular formula is C43H78O16S. The molecule has 0 radical (unpaired) electrons. The van der Waals surface area contributed by atoms with Crippen LogP contribution in [0.2, 0.25) is 0 Å². The predicted octanol–water partition coefficient (Wildman–Crippen LogP) is 6.63. The van der Waals surface area contributed by atoms with E-state index in [1.807, 2.05) is 6.92 Å². The summed E-state index contributed by atoms with van der Waals surface area (Å²) in [5, 5.41) is 65.0. The molecule has 2 fully saturated rings. The minimum atomic E-state index is -1.77. The summed E-state index contributed by atoms with van der Waals surface area (Å²) in [5.41, 5.74) is 0.264. The zero-order valence-electron chi connectivity index (χ0n) is 36.9. The number of hydrogen-bond acceptors (Lipinski definition) is 17. The van der Waals surface area contributed by atoms with E-state index in [0.29, 0.717) is 18.3 Å². The lowest BCUT2D eigenvalue weighted by atomic mass is 9.87. The van der Waals surface area contributed by atoms with Gasteiger partial charge in [0.05, 0.1) is 13.2 Å². The number of rotatable bonds is 32. The van der Waals surface area contributed by atoms with E-state index in [-0.39, 0.29) is 30.2 Å². The number of carbonyl (C=O) groups is 2. The van der Waals surface area contributed by atoms with Gasteiger partial charge in [0.2, 0.25) is 6.29 Å². The topological polar surface area (TPSA) is 229 Å². The minimum absolute atomic E-state index is 0.00493. The van der Waals surface area contributed by atoms with Crippen molar-refractivity contribution in [3.63, 3.8) is 0 Å². The molecule has 0 aromatic carbocycles. The van der Waals surface area contributed by atoms with E-state index < -0.39 is 86.6 Å². The zero-order valence-corrected chi connectivity index (χ0v) is 37.7. The fourth-order valence-electron chi connectivity index (χ4n) is 8.19. The van der Waals surface area contributed by atoms with Gasteiger partial charge in [-0.3, -0.25) is 8.98 Å². The highest BCUT2D eigenvalue weighted by Crippen LogP contribution is 2.34. The van der Waals surface area contributed by atoms with Crippen molar-refractivity contribution in [3.8, 4) is 0 Å². The van der Waals surface area contributed by atoms with Crippen LogP contribution in [0.1, 0.15) is 157 Å². The van der Waals surface area contributed by atoms with Crippen LogP contribution in [0.5, 0.6) is 0 Å². The summed E-state index contributed by atoms with van der Waals surface area (Å²) in [5.74, 6) is -0.447. The van der Waals surface area contributed by atoms with Gasteiger partial charge in [0, 0.05) is 12.0 Å². The molecule has 2 saturated heterocycles. The smallest absolute Gasteiger partial charge is 0.333 e. The van der Waals surface area contributed by atoms with Gasteiger partial charge in [-0.25, -0.2) is 10.1 Å². The Morgan fingerprint density at radius 2 is 1.23 bits per heavy atom. The molecule has 0 aliphatic carbocycles. The average molecular weight is 883 g/mol. The molecule has 2 aliphatic rings. The molecule has 0 aromatic heterocycles. The van der Waals surface area contributed by atoms with Gasteiger partial charge in [-0.05, 0) is 43.9 Å². The van der Waals surface area contributed by atoms with Crippen LogP contribution in [-0.4, -0.2) is 117 Å². The monoisotopic (exact) mass is 883 g/mol. The molecule has 17 heteroatoms. The van der Waals surface area contributed by atoms with Gasteiger partial charge in [0.15, 0.2) is 36.9 Å². The first-order chi connectivity index (χ1) is 28.8. The Morgan fingerprint density at radius 1 is 0.683 bits per heavy atom. The molecular weight excluding hydrogens is 805 g/mol. The number of aliphatic hydroxyl groups is 5. The van der Waals surface area contributed by atoms with Crippen molar-refractivity contribution in [1.82, 2.24) is 0 Å². The third-order valence-electron chi connectivity index (χ3n) is 11.3. The predicted molar refractivity (Wildman–Crippen MR) is 223 cm³/mol. The molecule has 0 aromatic rings. The summed E-state index contributed by atoms with van der Waals surface area (Å²) >= 11 is 0.0568. The average Bonchev–Trinajstić information content (AvgIpc) is 3.20. The Hall–Kier alpha value is -1.45. The highest BCUT2D eigenvalue weighted by atomic mass is 32.2. The van der Waals surface area contributed by atoms with Crippen molar-refractivity contribution in [2.24, 2.45) is 17.8 Å². The van der Waals surface area contributed by atoms with Crippen LogP contribution >= 0.6 is 12.3 Å². The highest BCUT2D eigenvalue weighted by molar-refractivity contribution is 7.89. The van der Waals surface area contributed by atoms with Crippen LogP contribution in [0.3, 0.4) is 0 Å². The lowest BCUT2D eigenvalue weighted by Crippen LogP contribution is -2.65. The van der Waals surface area contributed by atoms with Crippen molar-refractivity contribution in [1.29, 1.82) is 0 Å². The zero-order chi connectivity index (χ0) is 44.5. The molecule has 0 amide bonds. The Bertz CT molecular complexity index is 1180. The van der Waals surface area contributed by atoms with E-state index in [0.717, 1.165) is 51.4 Å². The Labute approximate surface area is 362 Å². The molecule has 13 atom stereocenters. The van der Waals surface area contributed by atoms with E-state index in [1.54, 1.807) is 13.0 Å². The van der Waals surface area contributed by atoms with Crippen LogP contribution in [0.4, 0.5) is 0 Å². The van der Waals surface area contributed by atoms with Crippen molar-refractivity contribution in [2.45, 2.75) is 219 Å². The number of aliphatic hydroxyl groups excluding tert-OH is 5. The van der Waals surface area contributed by atoms with Crippen LogP contribution < -0.4 is 0 Å². The second-order valence-electron chi connectivity index (χ2n) is 16.9. The number of unbranched alkanes of at least 4 members (excludes halogenated alkanes) is 12. The van der Waals surface area contributed by atoms with Crippen molar-refractivity contribution in [3.05, 3.63) is 11.6 Å². The van der Waals surface area contributed by atoms with Crippen LogP contribution in [0.25, 0.3) is 0 Å². The van der Waals surface area contributed by atoms with Gasteiger partial charge >= 0.3 is 11.9 Å². The van der Waals surface area contributed by atoms with Crippen molar-refractivity contribution in [2.75, 3.05) is 13.2 Å². The summed E-state index contributed by atoms with van der Waals surface area (Å²) in [6.45, 7) is 10.9. The Morgan fingerprint density at radius 3 is 1.78 bits per heavy atom. The maximum atomic E-state index is 13.7. The number of carbonyl (C=O) groups excluding carboxylic acids is 2. The lowest BCUT2D eigenvalue weighted by Gasteiger charge is -2.46. The summed E-state index contributed by atoms with van der Waals surface area (Å²) in [4.78, 5) is 27.1. The third kappa shape index (κ3) is 19.9.